The van der Waals surface area contributed by atoms with Gasteiger partial charge in [-0.15, -0.1) is 0 Å². The quantitative estimate of drug-likeness (QED) is 0.646. The van der Waals surface area contributed by atoms with Gasteiger partial charge in [0.15, 0.2) is 0 Å². The van der Waals surface area contributed by atoms with Crippen LogP contribution in [0.25, 0.3) is 5.69 Å². The lowest BCUT2D eigenvalue weighted by molar-refractivity contribution is 0.0174. The van der Waals surface area contributed by atoms with Crippen LogP contribution in [-0.4, -0.2) is 4.57 Å². The molecule has 1 aromatic heterocycles. The minimum atomic E-state index is -2.87. The molecule has 2 heterocycles. The molecule has 0 spiro atoms. The van der Waals surface area contributed by atoms with Crippen molar-refractivity contribution < 1.29 is 8.78 Å². The zero-order valence-electron chi connectivity index (χ0n) is 13.6. The second kappa shape index (κ2) is 5.97. The Hall–Kier alpha value is -2.17. The molecule has 1 atom stereocenters. The van der Waals surface area contributed by atoms with E-state index < -0.39 is 5.92 Å². The minimum Gasteiger partial charge on any atom is -0.319 e. The Balaban J connectivity index is 1.84. The van der Waals surface area contributed by atoms with Gasteiger partial charge >= 0.3 is 0 Å². The highest BCUT2D eigenvalue weighted by atomic mass is 35.5. The summed E-state index contributed by atoms with van der Waals surface area (Å²) in [6, 6.07) is 16.2. The Morgan fingerprint density at radius 3 is 2.72 bits per heavy atom. The molecule has 1 aliphatic rings. The first-order valence-corrected chi connectivity index (χ1v) is 8.49. The van der Waals surface area contributed by atoms with E-state index in [0.29, 0.717) is 11.6 Å². The molecule has 128 valence electrons. The standard InChI is InChI=1S/C20H17ClF2N2/c1-20(22,23)14-6-2-5-13(11-14)19-18-9-4-10-25(18)17-8-3-7-16(21)15(17)12-24-19/h2-11,19,24H,12H2,1H3. The molecule has 2 aromatic carbocycles. The third-order valence-corrected chi connectivity index (χ3v) is 4.99. The highest BCUT2D eigenvalue weighted by Crippen LogP contribution is 2.35. The number of hydrogen-bond donors (Lipinski definition) is 1. The molecule has 2 nitrogen and oxygen atoms in total. The summed E-state index contributed by atoms with van der Waals surface area (Å²) < 4.78 is 29.6. The van der Waals surface area contributed by atoms with Gasteiger partial charge in [0.25, 0.3) is 5.92 Å². The van der Waals surface area contributed by atoms with E-state index in [9.17, 15) is 8.78 Å². The van der Waals surface area contributed by atoms with E-state index in [0.717, 1.165) is 29.4 Å². The summed E-state index contributed by atoms with van der Waals surface area (Å²) in [5.41, 5.74) is 3.84. The lowest BCUT2D eigenvalue weighted by Gasteiger charge is -2.20. The summed E-state index contributed by atoms with van der Waals surface area (Å²) in [5.74, 6) is -2.87. The van der Waals surface area contributed by atoms with Crippen molar-refractivity contribution in [2.75, 3.05) is 0 Å². The maximum Gasteiger partial charge on any atom is 0.270 e. The van der Waals surface area contributed by atoms with Crippen LogP contribution in [0.3, 0.4) is 0 Å². The normalized spacial score (nSPS) is 16.9. The van der Waals surface area contributed by atoms with Crippen LogP contribution < -0.4 is 5.32 Å². The third kappa shape index (κ3) is 2.86. The average Bonchev–Trinajstić information content (AvgIpc) is 2.99. The zero-order chi connectivity index (χ0) is 17.6. The van der Waals surface area contributed by atoms with E-state index in [-0.39, 0.29) is 11.6 Å². The Kier molecular flexibility index (Phi) is 3.89. The number of fused-ring (bicyclic) bond motifs is 3. The van der Waals surface area contributed by atoms with Gasteiger partial charge in [0.1, 0.15) is 0 Å². The highest BCUT2D eigenvalue weighted by Gasteiger charge is 2.28. The van der Waals surface area contributed by atoms with Crippen molar-refractivity contribution in [1.29, 1.82) is 0 Å². The summed E-state index contributed by atoms with van der Waals surface area (Å²) in [6.07, 6.45) is 1.97. The molecule has 0 radical (unpaired) electrons. The number of nitrogens with one attached hydrogen (secondary N) is 1. The maximum atomic E-state index is 13.7. The predicted octanol–water partition coefficient (Wildman–Crippen LogP) is 5.44. The number of alkyl halides is 2. The topological polar surface area (TPSA) is 17.0 Å². The molecule has 1 unspecified atom stereocenters. The van der Waals surface area contributed by atoms with E-state index in [1.54, 1.807) is 12.1 Å². The van der Waals surface area contributed by atoms with Gasteiger partial charge in [-0.25, -0.2) is 8.78 Å². The Bertz CT molecular complexity index is 927. The molecular formula is C20H17ClF2N2. The van der Waals surface area contributed by atoms with Crippen molar-refractivity contribution in [3.8, 4) is 5.69 Å². The van der Waals surface area contributed by atoms with Gasteiger partial charge in [0, 0.05) is 41.5 Å². The fourth-order valence-corrected chi connectivity index (χ4v) is 3.62. The lowest BCUT2D eigenvalue weighted by atomic mass is 9.99. The van der Waals surface area contributed by atoms with Crippen molar-refractivity contribution in [2.24, 2.45) is 0 Å². The molecule has 0 saturated heterocycles. The largest absolute Gasteiger partial charge is 0.319 e. The summed E-state index contributed by atoms with van der Waals surface area (Å²) in [5, 5.41) is 4.16. The monoisotopic (exact) mass is 358 g/mol. The van der Waals surface area contributed by atoms with E-state index in [1.807, 2.05) is 42.6 Å². The molecule has 1 N–H and O–H groups in total. The van der Waals surface area contributed by atoms with Crippen molar-refractivity contribution >= 4 is 11.6 Å². The first-order valence-electron chi connectivity index (χ1n) is 8.12. The number of benzene rings is 2. The summed E-state index contributed by atoms with van der Waals surface area (Å²) in [7, 11) is 0. The van der Waals surface area contributed by atoms with Gasteiger partial charge in [-0.3, -0.25) is 0 Å². The predicted molar refractivity (Wildman–Crippen MR) is 95.5 cm³/mol. The van der Waals surface area contributed by atoms with Gasteiger partial charge in [-0.2, -0.15) is 0 Å². The summed E-state index contributed by atoms with van der Waals surface area (Å²) in [4.78, 5) is 0. The molecule has 0 aliphatic carbocycles. The fraction of sp³-hybridized carbons (Fsp3) is 0.200. The van der Waals surface area contributed by atoms with Crippen molar-refractivity contribution in [3.63, 3.8) is 0 Å². The molecule has 1 aliphatic heterocycles. The van der Waals surface area contributed by atoms with Crippen LogP contribution in [0.1, 0.15) is 35.3 Å². The number of halogens is 3. The lowest BCUT2D eigenvalue weighted by Crippen LogP contribution is -2.22. The molecule has 4 rings (SSSR count). The smallest absolute Gasteiger partial charge is 0.270 e. The Labute approximate surface area is 150 Å². The Morgan fingerprint density at radius 1 is 1.12 bits per heavy atom. The number of aromatic nitrogens is 1. The van der Waals surface area contributed by atoms with Crippen LogP contribution in [0.4, 0.5) is 8.78 Å². The van der Waals surface area contributed by atoms with E-state index in [1.165, 1.54) is 6.07 Å². The average molecular weight is 359 g/mol. The van der Waals surface area contributed by atoms with Crippen LogP contribution in [0.15, 0.2) is 60.8 Å². The zero-order valence-corrected chi connectivity index (χ0v) is 14.4. The van der Waals surface area contributed by atoms with Crippen LogP contribution in [0, 0.1) is 0 Å². The van der Waals surface area contributed by atoms with Crippen LogP contribution in [0.5, 0.6) is 0 Å². The fourth-order valence-electron chi connectivity index (χ4n) is 3.39. The minimum absolute atomic E-state index is 0.0182. The van der Waals surface area contributed by atoms with E-state index in [4.69, 9.17) is 11.6 Å². The number of rotatable bonds is 2. The van der Waals surface area contributed by atoms with Gasteiger partial charge in [-0.05, 0) is 35.9 Å². The third-order valence-electron chi connectivity index (χ3n) is 4.64. The van der Waals surface area contributed by atoms with Crippen LogP contribution in [-0.2, 0) is 12.5 Å². The van der Waals surface area contributed by atoms with E-state index >= 15 is 0 Å². The molecule has 0 amide bonds. The van der Waals surface area contributed by atoms with Gasteiger partial charge < -0.3 is 9.88 Å². The van der Waals surface area contributed by atoms with Crippen LogP contribution >= 0.6 is 11.6 Å². The first-order chi connectivity index (χ1) is 11.9. The van der Waals surface area contributed by atoms with Gasteiger partial charge in [-0.1, -0.05) is 35.9 Å². The van der Waals surface area contributed by atoms with Crippen molar-refractivity contribution in [2.45, 2.75) is 25.4 Å². The molecule has 3 aromatic rings. The van der Waals surface area contributed by atoms with Crippen LogP contribution in [0.2, 0.25) is 5.02 Å². The second-order valence-electron chi connectivity index (χ2n) is 6.37. The first kappa shape index (κ1) is 16.3. The van der Waals surface area contributed by atoms with Gasteiger partial charge in [0.2, 0.25) is 0 Å². The maximum absolute atomic E-state index is 13.7. The molecule has 0 fully saturated rings. The molecule has 5 heteroatoms. The summed E-state index contributed by atoms with van der Waals surface area (Å²) in [6.45, 7) is 1.49. The SMILES string of the molecule is CC(F)(F)c1cccc(C2NCc3c(Cl)cccc3-n3cccc32)c1. The number of nitrogens with zero attached hydrogens (tertiary/aromatic N) is 1. The van der Waals surface area contributed by atoms with Gasteiger partial charge in [0.05, 0.1) is 11.7 Å². The second-order valence-corrected chi connectivity index (χ2v) is 6.78. The molecule has 25 heavy (non-hydrogen) atoms. The molecule has 0 saturated carbocycles. The Morgan fingerprint density at radius 2 is 1.92 bits per heavy atom. The number of hydrogen-bond acceptors (Lipinski definition) is 1. The van der Waals surface area contributed by atoms with Crippen molar-refractivity contribution in [3.05, 3.63) is 88.2 Å². The van der Waals surface area contributed by atoms with Crippen molar-refractivity contribution in [1.82, 2.24) is 9.88 Å². The molecular weight excluding hydrogens is 342 g/mol. The highest BCUT2D eigenvalue weighted by molar-refractivity contribution is 6.31. The molecule has 0 bridgehead atoms. The summed E-state index contributed by atoms with van der Waals surface area (Å²) >= 11 is 6.37. The van der Waals surface area contributed by atoms with E-state index in [2.05, 4.69) is 9.88 Å².